The van der Waals surface area contributed by atoms with Crippen LogP contribution in [-0.4, -0.2) is 61.5 Å². The second-order valence-electron chi connectivity index (χ2n) is 9.95. The van der Waals surface area contributed by atoms with E-state index < -0.39 is 0 Å². The molecule has 0 bridgehead atoms. The van der Waals surface area contributed by atoms with Gasteiger partial charge >= 0.3 is 0 Å². The maximum absolute atomic E-state index is 9.70. The Morgan fingerprint density at radius 1 is 1.11 bits per heavy atom. The fourth-order valence-electron chi connectivity index (χ4n) is 4.20. The van der Waals surface area contributed by atoms with Crippen LogP contribution in [0.1, 0.15) is 33.0 Å². The number of rotatable bonds is 11. The van der Waals surface area contributed by atoms with Crippen LogP contribution in [0, 0.1) is 11.3 Å². The monoisotopic (exact) mass is 520 g/mol. The van der Waals surface area contributed by atoms with Crippen molar-refractivity contribution in [2.24, 2.45) is 0 Å². The molecule has 8 heteroatoms. The van der Waals surface area contributed by atoms with Crippen LogP contribution < -0.4 is 10.0 Å². The van der Waals surface area contributed by atoms with Crippen molar-refractivity contribution in [3.8, 4) is 17.4 Å². The summed E-state index contributed by atoms with van der Waals surface area (Å²) in [5.74, 6) is 1.43. The summed E-state index contributed by atoms with van der Waals surface area (Å²) >= 11 is 1.28. The van der Waals surface area contributed by atoms with E-state index in [1.807, 2.05) is 32.9 Å². The van der Waals surface area contributed by atoms with E-state index in [0.29, 0.717) is 17.1 Å². The van der Waals surface area contributed by atoms with Gasteiger partial charge in [-0.25, -0.2) is 0 Å². The van der Waals surface area contributed by atoms with E-state index in [1.54, 1.807) is 0 Å². The van der Waals surface area contributed by atoms with Gasteiger partial charge in [0.05, 0.1) is 13.2 Å². The highest BCUT2D eigenvalue weighted by atomic mass is 32.2. The SMILES string of the molecule is C/C(=C(/C#N)SNC(C)(C)CCO)c1ccc(-c2ccc3cc(NCCN4CCOCC4)ccc3c2)o1. The Balaban J connectivity index is 1.42. The summed E-state index contributed by atoms with van der Waals surface area (Å²) in [6.45, 7) is 11.5. The van der Waals surface area contributed by atoms with Crippen LogP contribution in [0.25, 0.3) is 27.7 Å². The summed E-state index contributed by atoms with van der Waals surface area (Å²) in [5.41, 5.74) is 2.60. The molecule has 37 heavy (non-hydrogen) atoms. The number of allylic oxidation sites excluding steroid dienone is 2. The third-order valence-corrected chi connectivity index (χ3v) is 7.83. The van der Waals surface area contributed by atoms with E-state index in [4.69, 9.17) is 9.15 Å². The third-order valence-electron chi connectivity index (χ3n) is 6.57. The number of nitrogens with zero attached hydrogens (tertiary/aromatic N) is 2. The number of nitrogens with one attached hydrogen (secondary N) is 2. The van der Waals surface area contributed by atoms with Gasteiger partial charge in [0, 0.05) is 55.1 Å². The molecule has 196 valence electrons. The molecule has 4 rings (SSSR count). The Bertz CT molecular complexity index is 1270. The summed E-state index contributed by atoms with van der Waals surface area (Å²) < 4.78 is 14.9. The van der Waals surface area contributed by atoms with Crippen LogP contribution in [0.2, 0.25) is 0 Å². The topological polar surface area (TPSA) is 93.7 Å². The Morgan fingerprint density at radius 3 is 2.62 bits per heavy atom. The lowest BCUT2D eigenvalue weighted by Gasteiger charge is -2.26. The highest BCUT2D eigenvalue weighted by Crippen LogP contribution is 2.32. The van der Waals surface area contributed by atoms with Gasteiger partial charge in [0.1, 0.15) is 22.5 Å². The largest absolute Gasteiger partial charge is 0.456 e. The summed E-state index contributed by atoms with van der Waals surface area (Å²) in [6.07, 6.45) is 0.594. The maximum atomic E-state index is 9.70. The number of anilines is 1. The van der Waals surface area contributed by atoms with Gasteiger partial charge < -0.3 is 19.6 Å². The Labute approximate surface area is 223 Å². The molecule has 0 saturated carbocycles. The molecule has 2 aromatic carbocycles. The highest BCUT2D eigenvalue weighted by Gasteiger charge is 2.19. The quantitative estimate of drug-likeness (QED) is 0.226. The predicted octanol–water partition coefficient (Wildman–Crippen LogP) is 5.50. The molecule has 1 aliphatic heterocycles. The molecule has 0 radical (unpaired) electrons. The molecule has 0 spiro atoms. The van der Waals surface area contributed by atoms with E-state index in [1.165, 1.54) is 17.3 Å². The van der Waals surface area contributed by atoms with Crippen molar-refractivity contribution in [3.05, 3.63) is 59.2 Å². The number of hydrogen-bond acceptors (Lipinski definition) is 8. The Morgan fingerprint density at radius 2 is 1.86 bits per heavy atom. The first kappa shape index (κ1) is 27.2. The van der Waals surface area contributed by atoms with E-state index in [9.17, 15) is 10.4 Å². The summed E-state index contributed by atoms with van der Waals surface area (Å²) in [4.78, 5) is 2.96. The molecule has 7 nitrogen and oxygen atoms in total. The number of benzene rings is 2. The van der Waals surface area contributed by atoms with Crippen LogP contribution in [-0.2, 0) is 4.74 Å². The standard InChI is InChI=1S/C29H36N4O3S/c1-21(28(20-30)37-32-29(2,3)10-15-34)26-8-9-27(36-26)24-5-4-23-19-25(7-6-22(23)18-24)31-11-12-33-13-16-35-17-14-33/h4-9,18-19,31-32,34H,10-17H2,1-3H3/b28-21+. The van der Waals surface area contributed by atoms with Gasteiger partial charge in [-0.3, -0.25) is 9.62 Å². The number of morpholine rings is 1. The lowest BCUT2D eigenvalue weighted by molar-refractivity contribution is 0.0398. The molecule has 1 aliphatic rings. The first-order valence-corrected chi connectivity index (χ1v) is 13.5. The van der Waals surface area contributed by atoms with E-state index >= 15 is 0 Å². The van der Waals surface area contributed by atoms with Crippen molar-refractivity contribution < 1.29 is 14.3 Å². The number of fused-ring (bicyclic) bond motifs is 1. The molecule has 0 aliphatic carbocycles. The molecule has 1 fully saturated rings. The minimum absolute atomic E-state index is 0.0885. The van der Waals surface area contributed by atoms with Crippen LogP contribution >= 0.6 is 11.9 Å². The Kier molecular flexibility index (Phi) is 9.30. The van der Waals surface area contributed by atoms with E-state index in [-0.39, 0.29) is 12.1 Å². The predicted molar refractivity (Wildman–Crippen MR) is 152 cm³/mol. The zero-order chi connectivity index (χ0) is 26.3. The molecule has 0 amide bonds. The minimum atomic E-state index is -0.292. The van der Waals surface area contributed by atoms with Crippen LogP contribution in [0.3, 0.4) is 0 Å². The van der Waals surface area contributed by atoms with Gasteiger partial charge in [-0.1, -0.05) is 18.2 Å². The fourth-order valence-corrected chi connectivity index (χ4v) is 4.98. The number of aliphatic hydroxyl groups excluding tert-OH is 1. The smallest absolute Gasteiger partial charge is 0.134 e. The molecule has 0 unspecified atom stereocenters. The molecular weight excluding hydrogens is 484 g/mol. The average Bonchev–Trinajstić information content (AvgIpc) is 3.39. The first-order chi connectivity index (χ1) is 17.9. The third kappa shape index (κ3) is 7.37. The normalized spacial score (nSPS) is 15.4. The number of ether oxygens (including phenoxy) is 1. The van der Waals surface area contributed by atoms with Crippen molar-refractivity contribution in [2.45, 2.75) is 32.7 Å². The number of hydrogen-bond donors (Lipinski definition) is 3. The highest BCUT2D eigenvalue weighted by molar-refractivity contribution is 8.01. The lowest BCUT2D eigenvalue weighted by atomic mass is 10.0. The van der Waals surface area contributed by atoms with E-state index in [2.05, 4.69) is 57.4 Å². The number of furan rings is 1. The Hall–Kier alpha value is -2.80. The van der Waals surface area contributed by atoms with Crippen LogP contribution in [0.5, 0.6) is 0 Å². The first-order valence-electron chi connectivity index (χ1n) is 12.7. The van der Waals surface area contributed by atoms with Crippen LogP contribution in [0.15, 0.2) is 57.9 Å². The average molecular weight is 521 g/mol. The van der Waals surface area contributed by atoms with Crippen molar-refractivity contribution in [1.29, 1.82) is 5.26 Å². The van der Waals surface area contributed by atoms with Crippen molar-refractivity contribution in [3.63, 3.8) is 0 Å². The number of aliphatic hydroxyl groups is 1. The van der Waals surface area contributed by atoms with Gasteiger partial charge in [0.25, 0.3) is 0 Å². The van der Waals surface area contributed by atoms with Crippen molar-refractivity contribution >= 4 is 34.0 Å². The van der Waals surface area contributed by atoms with E-state index in [0.717, 1.165) is 67.4 Å². The minimum Gasteiger partial charge on any atom is -0.456 e. The summed E-state index contributed by atoms with van der Waals surface area (Å²) in [7, 11) is 0. The van der Waals surface area contributed by atoms with Gasteiger partial charge in [0.2, 0.25) is 0 Å². The zero-order valence-corrected chi connectivity index (χ0v) is 22.7. The fraction of sp³-hybridized carbons (Fsp3) is 0.414. The molecule has 3 N–H and O–H groups in total. The molecule has 1 saturated heterocycles. The van der Waals surface area contributed by atoms with Gasteiger partial charge in [-0.2, -0.15) is 5.26 Å². The summed E-state index contributed by atoms with van der Waals surface area (Å²) in [6, 6.07) is 18.9. The molecule has 0 atom stereocenters. The second-order valence-corrected chi connectivity index (χ2v) is 10.8. The molecular formula is C29H36N4O3S. The van der Waals surface area contributed by atoms with Crippen molar-refractivity contribution in [1.82, 2.24) is 9.62 Å². The maximum Gasteiger partial charge on any atom is 0.134 e. The number of nitriles is 1. The van der Waals surface area contributed by atoms with Gasteiger partial charge in [-0.05, 0) is 80.2 Å². The van der Waals surface area contributed by atoms with Crippen LogP contribution in [0.4, 0.5) is 5.69 Å². The molecule has 2 heterocycles. The van der Waals surface area contributed by atoms with Gasteiger partial charge in [-0.15, -0.1) is 0 Å². The molecule has 1 aromatic heterocycles. The van der Waals surface area contributed by atoms with Gasteiger partial charge in [0.15, 0.2) is 0 Å². The summed E-state index contributed by atoms with van der Waals surface area (Å²) in [5, 5.41) is 24.8. The second kappa shape index (κ2) is 12.6. The zero-order valence-electron chi connectivity index (χ0n) is 21.8. The lowest BCUT2D eigenvalue weighted by Crippen LogP contribution is -2.38. The van der Waals surface area contributed by atoms with Crippen molar-refractivity contribution in [2.75, 3.05) is 51.3 Å². The molecule has 3 aromatic rings.